The topological polar surface area (TPSA) is 97.1 Å². The maximum atomic E-state index is 12.7. The van der Waals surface area contributed by atoms with Gasteiger partial charge in [0.25, 0.3) is 11.8 Å². The van der Waals surface area contributed by atoms with Crippen LogP contribution in [0.25, 0.3) is 11.4 Å². The Hall–Kier alpha value is -3.55. The van der Waals surface area contributed by atoms with Crippen LogP contribution in [0, 0.1) is 6.92 Å². The van der Waals surface area contributed by atoms with Crippen LogP contribution in [0.5, 0.6) is 0 Å². The zero-order valence-electron chi connectivity index (χ0n) is 15.7. The van der Waals surface area contributed by atoms with Crippen LogP contribution in [0.3, 0.4) is 0 Å². The van der Waals surface area contributed by atoms with Crippen molar-refractivity contribution in [2.24, 2.45) is 0 Å². The van der Waals surface area contributed by atoms with Crippen molar-refractivity contribution in [1.29, 1.82) is 0 Å². The molecule has 1 aromatic heterocycles. The monoisotopic (exact) mass is 394 g/mol. The van der Waals surface area contributed by atoms with Crippen LogP contribution in [0.15, 0.2) is 53.4 Å². The molecule has 1 fully saturated rings. The second-order valence-corrected chi connectivity index (χ2v) is 6.94. The Morgan fingerprint density at radius 1 is 1.24 bits per heavy atom. The van der Waals surface area contributed by atoms with Gasteiger partial charge in [0.15, 0.2) is 0 Å². The number of carbonyl (C=O) groups excluding carboxylic acids is 2. The van der Waals surface area contributed by atoms with Gasteiger partial charge in [-0.25, -0.2) is 4.39 Å². The zero-order chi connectivity index (χ0) is 20.4. The summed E-state index contributed by atoms with van der Waals surface area (Å²) in [5.74, 6) is -0.102. The molecule has 0 spiro atoms. The number of nitrogens with zero attached hydrogens (tertiary/aromatic N) is 2. The molecular weight excluding hydrogens is 375 g/mol. The first-order valence-electron chi connectivity index (χ1n) is 9.25. The molecule has 0 radical (unpaired) electrons. The van der Waals surface area contributed by atoms with E-state index in [2.05, 4.69) is 20.8 Å². The normalized spacial score (nSPS) is 17.0. The van der Waals surface area contributed by atoms with Gasteiger partial charge < -0.3 is 15.2 Å². The van der Waals surface area contributed by atoms with Gasteiger partial charge in [-0.2, -0.15) is 4.98 Å². The standard InChI is InChI=1S/C18H14N4O3.C3H5F/c1-10-6-7-11(16-19-9-25-22-16)8-14(10)20-18(24)15-12-4-2-3-5-13(12)17(23)21-15;4-3-1-2-3/h2-9,15H,1H3,(H,20,24)(H,21,23);3H,1-2H2. The molecule has 2 N–H and O–H groups in total. The maximum Gasteiger partial charge on any atom is 0.252 e. The smallest absolute Gasteiger partial charge is 0.252 e. The molecule has 2 heterocycles. The fraction of sp³-hybridized carbons (Fsp3) is 0.238. The van der Waals surface area contributed by atoms with Crippen LogP contribution in [0.2, 0.25) is 0 Å². The third-order valence-corrected chi connectivity index (χ3v) is 4.68. The summed E-state index contributed by atoms with van der Waals surface area (Å²) in [6.07, 6.45) is 2.47. The molecule has 2 amide bonds. The summed E-state index contributed by atoms with van der Waals surface area (Å²) in [6.45, 7) is 1.89. The Balaban J connectivity index is 0.000000458. The van der Waals surface area contributed by atoms with Gasteiger partial charge >= 0.3 is 0 Å². The third kappa shape index (κ3) is 4.16. The Kier molecular flexibility index (Phi) is 5.07. The first-order valence-corrected chi connectivity index (χ1v) is 9.25. The molecule has 5 rings (SSSR count). The molecule has 148 valence electrons. The van der Waals surface area contributed by atoms with Crippen LogP contribution in [-0.4, -0.2) is 28.1 Å². The second-order valence-electron chi connectivity index (χ2n) is 6.94. The first kappa shape index (κ1) is 18.8. The predicted octanol–water partition coefficient (Wildman–Crippen LogP) is 3.59. The first-order chi connectivity index (χ1) is 14.0. The summed E-state index contributed by atoms with van der Waals surface area (Å²) < 4.78 is 15.9. The van der Waals surface area contributed by atoms with Crippen LogP contribution < -0.4 is 10.6 Å². The minimum atomic E-state index is -0.711. The van der Waals surface area contributed by atoms with Crippen molar-refractivity contribution in [3.63, 3.8) is 0 Å². The number of rotatable bonds is 3. The Morgan fingerprint density at radius 2 is 2.00 bits per heavy atom. The average molecular weight is 394 g/mol. The van der Waals surface area contributed by atoms with Crippen molar-refractivity contribution in [3.05, 3.63) is 65.5 Å². The van der Waals surface area contributed by atoms with Crippen LogP contribution >= 0.6 is 0 Å². The van der Waals surface area contributed by atoms with Crippen molar-refractivity contribution in [3.8, 4) is 11.4 Å². The molecule has 1 saturated carbocycles. The number of nitrogens with one attached hydrogen (secondary N) is 2. The third-order valence-electron chi connectivity index (χ3n) is 4.68. The summed E-state index contributed by atoms with van der Waals surface area (Å²) in [5.41, 5.74) is 3.45. The number of anilines is 1. The molecule has 2 aromatic carbocycles. The minimum Gasteiger partial charge on any atom is -0.342 e. The highest BCUT2D eigenvalue weighted by Gasteiger charge is 2.33. The number of alkyl halides is 1. The number of aromatic nitrogens is 2. The van der Waals surface area contributed by atoms with Crippen LogP contribution in [-0.2, 0) is 4.79 Å². The molecule has 3 aromatic rings. The van der Waals surface area contributed by atoms with Gasteiger partial charge in [0, 0.05) is 16.8 Å². The van der Waals surface area contributed by atoms with Crippen molar-refractivity contribution < 1.29 is 18.5 Å². The van der Waals surface area contributed by atoms with E-state index in [1.54, 1.807) is 24.3 Å². The van der Waals surface area contributed by atoms with Crippen LogP contribution in [0.4, 0.5) is 10.1 Å². The number of hydrogen-bond donors (Lipinski definition) is 2. The van der Waals surface area contributed by atoms with Crippen molar-refractivity contribution in [1.82, 2.24) is 15.5 Å². The predicted molar refractivity (Wildman–Crippen MR) is 104 cm³/mol. The molecule has 2 aliphatic rings. The van der Waals surface area contributed by atoms with Crippen molar-refractivity contribution in [2.45, 2.75) is 32.0 Å². The summed E-state index contributed by atoms with van der Waals surface area (Å²) in [5, 5.41) is 9.38. The highest BCUT2D eigenvalue weighted by Crippen LogP contribution is 2.28. The van der Waals surface area contributed by atoms with Gasteiger partial charge in [-0.3, -0.25) is 9.59 Å². The molecule has 1 aliphatic heterocycles. The second kappa shape index (κ2) is 7.83. The van der Waals surface area contributed by atoms with E-state index in [1.165, 1.54) is 6.39 Å². The lowest BCUT2D eigenvalue weighted by Gasteiger charge is -2.14. The van der Waals surface area contributed by atoms with Crippen molar-refractivity contribution in [2.75, 3.05) is 5.32 Å². The Labute approximate surface area is 166 Å². The Bertz CT molecular complexity index is 1050. The van der Waals surface area contributed by atoms with Crippen molar-refractivity contribution >= 4 is 17.5 Å². The molecule has 0 bridgehead atoms. The van der Waals surface area contributed by atoms with Gasteiger partial charge in [-0.05, 0) is 43.0 Å². The molecule has 7 nitrogen and oxygen atoms in total. The zero-order valence-corrected chi connectivity index (χ0v) is 15.7. The molecule has 29 heavy (non-hydrogen) atoms. The highest BCUT2D eigenvalue weighted by molar-refractivity contribution is 6.07. The fourth-order valence-electron chi connectivity index (χ4n) is 2.91. The summed E-state index contributed by atoms with van der Waals surface area (Å²) in [4.78, 5) is 28.7. The SMILES string of the molecule is Cc1ccc(-c2ncon2)cc1NC(=O)C1NC(=O)c2ccccc21.FC1CC1. The molecule has 1 atom stereocenters. The lowest BCUT2D eigenvalue weighted by Crippen LogP contribution is -2.30. The molecule has 1 aliphatic carbocycles. The summed E-state index contributed by atoms with van der Waals surface area (Å²) in [7, 11) is 0. The van der Waals surface area contributed by atoms with E-state index in [0.29, 0.717) is 22.6 Å². The number of fused-ring (bicyclic) bond motifs is 1. The summed E-state index contributed by atoms with van der Waals surface area (Å²) in [6, 6.07) is 11.8. The Morgan fingerprint density at radius 3 is 2.69 bits per heavy atom. The lowest BCUT2D eigenvalue weighted by atomic mass is 10.0. The van der Waals surface area contributed by atoms with Gasteiger partial charge in [0.1, 0.15) is 12.2 Å². The number of halogens is 1. The van der Waals surface area contributed by atoms with E-state index in [1.807, 2.05) is 25.1 Å². The number of benzene rings is 2. The quantitative estimate of drug-likeness (QED) is 0.708. The number of carbonyl (C=O) groups is 2. The number of aryl methyl sites for hydroxylation is 1. The molecule has 0 saturated heterocycles. The summed E-state index contributed by atoms with van der Waals surface area (Å²) >= 11 is 0. The fourth-order valence-corrected chi connectivity index (χ4v) is 2.91. The van der Waals surface area contributed by atoms with E-state index in [9.17, 15) is 14.0 Å². The largest absolute Gasteiger partial charge is 0.342 e. The van der Waals surface area contributed by atoms with E-state index in [-0.39, 0.29) is 11.8 Å². The van der Waals surface area contributed by atoms with E-state index < -0.39 is 12.2 Å². The maximum absolute atomic E-state index is 12.7. The van der Waals surface area contributed by atoms with Crippen LogP contribution in [0.1, 0.15) is 40.4 Å². The molecule has 1 unspecified atom stereocenters. The lowest BCUT2D eigenvalue weighted by molar-refractivity contribution is -0.118. The van der Waals surface area contributed by atoms with Gasteiger partial charge in [-0.15, -0.1) is 0 Å². The van der Waals surface area contributed by atoms with E-state index in [0.717, 1.165) is 24.0 Å². The highest BCUT2D eigenvalue weighted by atomic mass is 19.1. The van der Waals surface area contributed by atoms with E-state index in [4.69, 9.17) is 4.52 Å². The number of hydrogen-bond acceptors (Lipinski definition) is 5. The van der Waals surface area contributed by atoms with Gasteiger partial charge in [0.2, 0.25) is 12.2 Å². The van der Waals surface area contributed by atoms with Gasteiger partial charge in [-0.1, -0.05) is 35.5 Å². The molecular formula is C21H19FN4O3. The minimum absolute atomic E-state index is 0.243. The average Bonchev–Trinajstić information content (AvgIpc) is 3.20. The molecule has 8 heteroatoms. The number of amides is 2. The van der Waals surface area contributed by atoms with E-state index >= 15 is 0 Å². The van der Waals surface area contributed by atoms with Gasteiger partial charge in [0.05, 0.1) is 0 Å².